The van der Waals surface area contributed by atoms with E-state index in [-0.39, 0.29) is 23.6 Å². The number of nitrogens with one attached hydrogen (secondary N) is 3. The van der Waals surface area contributed by atoms with Crippen molar-refractivity contribution in [2.75, 3.05) is 13.1 Å². The number of alkyl halides is 2. The molecule has 9 atom stereocenters. The third-order valence-corrected chi connectivity index (χ3v) is 9.38. The number of piperidine rings is 1. The van der Waals surface area contributed by atoms with Crippen LogP contribution < -0.4 is 21.7 Å². The minimum atomic E-state index is -1.61. The molecule has 176 valence electrons. The number of amides is 1. The van der Waals surface area contributed by atoms with Gasteiger partial charge in [-0.05, 0) is 69.6 Å². The van der Waals surface area contributed by atoms with Gasteiger partial charge in [0.15, 0.2) is 5.67 Å². The maximum absolute atomic E-state index is 14.2. The Balaban J connectivity index is 1.29. The molecule has 5 rings (SSSR count). The van der Waals surface area contributed by atoms with Crippen LogP contribution in [0.25, 0.3) is 0 Å². The third-order valence-electron chi connectivity index (χ3n) is 8.77. The largest absolute Gasteiger partial charge is 0.353 e. The Kier molecular flexibility index (Phi) is 6.27. The van der Waals surface area contributed by atoms with Gasteiger partial charge in [0.05, 0.1) is 12.3 Å². The molecule has 3 saturated heterocycles. The van der Waals surface area contributed by atoms with E-state index in [1.165, 1.54) is 25.7 Å². The van der Waals surface area contributed by atoms with E-state index in [1.807, 2.05) is 0 Å². The van der Waals surface area contributed by atoms with Gasteiger partial charge in [0.2, 0.25) is 0 Å². The van der Waals surface area contributed by atoms with Gasteiger partial charge in [-0.2, -0.15) is 0 Å². The second-order valence-corrected chi connectivity index (χ2v) is 11.6. The van der Waals surface area contributed by atoms with Gasteiger partial charge in [-0.3, -0.25) is 15.0 Å². The predicted molar refractivity (Wildman–Crippen MR) is 120 cm³/mol. The van der Waals surface area contributed by atoms with E-state index in [1.54, 1.807) is 0 Å². The van der Waals surface area contributed by atoms with E-state index in [0.29, 0.717) is 49.3 Å². The predicted octanol–water partition coefficient (Wildman–Crippen LogP) is 2.06. The maximum atomic E-state index is 14.2. The molecule has 0 radical (unpaired) electrons. The smallest absolute Gasteiger partial charge is 0.257 e. The molecule has 2 bridgehead atoms. The number of halogens is 2. The van der Waals surface area contributed by atoms with E-state index >= 15 is 0 Å². The van der Waals surface area contributed by atoms with Crippen LogP contribution in [0.5, 0.6) is 0 Å². The molecule has 0 aromatic rings. The molecule has 5 fully saturated rings. The fraction of sp³-hybridized carbons (Fsp3) is 0.957. The SMILES string of the molecule is CC1CCC(C2NCC(CNC(=O)C3(F)CC3)C(N3[C@@H]4CC[C@H]3CC(N)C4)N2)CC1Cl. The van der Waals surface area contributed by atoms with Gasteiger partial charge in [-0.15, -0.1) is 11.6 Å². The van der Waals surface area contributed by atoms with Crippen molar-refractivity contribution < 1.29 is 9.18 Å². The van der Waals surface area contributed by atoms with Crippen molar-refractivity contribution in [3.8, 4) is 0 Å². The molecule has 2 saturated carbocycles. The molecule has 0 spiro atoms. The Morgan fingerprint density at radius 3 is 2.55 bits per heavy atom. The zero-order valence-electron chi connectivity index (χ0n) is 18.7. The van der Waals surface area contributed by atoms with Crippen LogP contribution in [0, 0.1) is 17.8 Å². The summed E-state index contributed by atoms with van der Waals surface area (Å²) in [5, 5.41) is 10.8. The van der Waals surface area contributed by atoms with Crippen molar-refractivity contribution in [2.45, 2.75) is 106 Å². The number of fused-ring (bicyclic) bond motifs is 2. The van der Waals surface area contributed by atoms with Gasteiger partial charge in [0.1, 0.15) is 0 Å². The summed E-state index contributed by atoms with van der Waals surface area (Å²) in [6.45, 7) is 3.58. The highest BCUT2D eigenvalue weighted by Crippen LogP contribution is 2.41. The van der Waals surface area contributed by atoms with E-state index in [4.69, 9.17) is 17.3 Å². The lowest BCUT2D eigenvalue weighted by atomic mass is 9.80. The number of hydrogen-bond donors (Lipinski definition) is 4. The van der Waals surface area contributed by atoms with Gasteiger partial charge in [-0.25, -0.2) is 4.39 Å². The summed E-state index contributed by atoms with van der Waals surface area (Å²) in [5.74, 6) is 0.870. The molecule has 3 aliphatic heterocycles. The zero-order chi connectivity index (χ0) is 21.8. The highest BCUT2D eigenvalue weighted by atomic mass is 35.5. The van der Waals surface area contributed by atoms with Crippen LogP contribution in [-0.4, -0.2) is 65.4 Å². The third kappa shape index (κ3) is 4.50. The van der Waals surface area contributed by atoms with Gasteiger partial charge >= 0.3 is 0 Å². The number of hydrogen-bond acceptors (Lipinski definition) is 5. The Morgan fingerprint density at radius 1 is 1.19 bits per heavy atom. The normalized spacial score (nSPS) is 47.2. The molecular formula is C23H39ClFN5O. The average molecular weight is 456 g/mol. The molecule has 5 N–H and O–H groups in total. The van der Waals surface area contributed by atoms with Crippen molar-refractivity contribution in [3.05, 3.63) is 0 Å². The van der Waals surface area contributed by atoms with Crippen LogP contribution >= 0.6 is 11.6 Å². The van der Waals surface area contributed by atoms with Gasteiger partial charge in [0.25, 0.3) is 5.91 Å². The molecule has 1 amide bonds. The summed E-state index contributed by atoms with van der Waals surface area (Å²) < 4.78 is 14.2. The quantitative estimate of drug-likeness (QED) is 0.477. The van der Waals surface area contributed by atoms with E-state index in [9.17, 15) is 9.18 Å². The number of carbonyl (C=O) groups excluding carboxylic acids is 1. The van der Waals surface area contributed by atoms with Gasteiger partial charge < -0.3 is 16.4 Å². The van der Waals surface area contributed by atoms with Gasteiger partial charge in [0, 0.05) is 42.5 Å². The van der Waals surface area contributed by atoms with Crippen LogP contribution in [0.15, 0.2) is 0 Å². The summed E-state index contributed by atoms with van der Waals surface area (Å²) >= 11 is 6.64. The van der Waals surface area contributed by atoms with Crippen molar-refractivity contribution in [2.24, 2.45) is 23.5 Å². The fourth-order valence-electron chi connectivity index (χ4n) is 6.61. The Hall–Kier alpha value is -0.470. The summed E-state index contributed by atoms with van der Waals surface area (Å²) in [5.41, 5.74) is 4.72. The van der Waals surface area contributed by atoms with Crippen LogP contribution in [0.4, 0.5) is 4.39 Å². The highest BCUT2D eigenvalue weighted by molar-refractivity contribution is 6.20. The van der Waals surface area contributed by atoms with Crippen LogP contribution in [0.3, 0.4) is 0 Å². The molecule has 7 unspecified atom stereocenters. The minimum absolute atomic E-state index is 0.180. The first-order valence-electron chi connectivity index (χ1n) is 12.5. The Morgan fingerprint density at radius 2 is 1.90 bits per heavy atom. The molecule has 5 aliphatic rings. The first-order valence-corrected chi connectivity index (χ1v) is 12.9. The summed E-state index contributed by atoms with van der Waals surface area (Å²) in [4.78, 5) is 14.9. The second-order valence-electron chi connectivity index (χ2n) is 11.1. The lowest BCUT2D eigenvalue weighted by molar-refractivity contribution is -0.127. The van der Waals surface area contributed by atoms with E-state index in [2.05, 4.69) is 27.8 Å². The van der Waals surface area contributed by atoms with E-state index < -0.39 is 11.6 Å². The maximum Gasteiger partial charge on any atom is 0.257 e. The molecular weight excluding hydrogens is 417 g/mol. The Bertz CT molecular complexity index is 664. The van der Waals surface area contributed by atoms with Gasteiger partial charge in [-0.1, -0.05) is 6.92 Å². The van der Waals surface area contributed by atoms with Crippen molar-refractivity contribution in [3.63, 3.8) is 0 Å². The van der Waals surface area contributed by atoms with Crippen molar-refractivity contribution >= 4 is 17.5 Å². The minimum Gasteiger partial charge on any atom is -0.353 e. The summed E-state index contributed by atoms with van der Waals surface area (Å²) in [6, 6.07) is 1.31. The highest BCUT2D eigenvalue weighted by Gasteiger charge is 2.52. The van der Waals surface area contributed by atoms with E-state index in [0.717, 1.165) is 25.8 Å². The number of nitrogens with zero attached hydrogens (tertiary/aromatic N) is 1. The van der Waals surface area contributed by atoms with Crippen molar-refractivity contribution in [1.29, 1.82) is 0 Å². The molecule has 0 aromatic carbocycles. The Labute approximate surface area is 190 Å². The molecule has 0 aromatic heterocycles. The average Bonchev–Trinajstić information content (AvgIpc) is 3.44. The molecule has 2 aliphatic carbocycles. The lowest BCUT2D eigenvalue weighted by Gasteiger charge is -2.51. The fourth-order valence-corrected chi connectivity index (χ4v) is 6.97. The second kappa shape index (κ2) is 8.71. The number of rotatable bonds is 5. The standard InChI is InChI=1S/C23H39ClFN5O/c1-13-2-3-14(8-19(13)24)20-27-11-15(12-28-22(31)23(25)6-7-23)21(29-20)30-17-4-5-18(30)10-16(26)9-17/h13-21,27,29H,2-12,26H2,1H3,(H,28,31)/t13?,14?,15?,16?,17-,18+,19?,20?,21?. The molecule has 6 nitrogen and oxygen atoms in total. The van der Waals surface area contributed by atoms with Crippen molar-refractivity contribution in [1.82, 2.24) is 20.9 Å². The molecule has 8 heteroatoms. The molecule has 3 heterocycles. The monoisotopic (exact) mass is 455 g/mol. The number of nitrogens with two attached hydrogens (primary N) is 1. The summed E-state index contributed by atoms with van der Waals surface area (Å²) in [7, 11) is 0. The molecule has 31 heavy (non-hydrogen) atoms. The van der Waals surface area contributed by atoms with Crippen LogP contribution in [0.1, 0.15) is 64.7 Å². The zero-order valence-corrected chi connectivity index (χ0v) is 19.4. The first kappa shape index (κ1) is 22.3. The summed E-state index contributed by atoms with van der Waals surface area (Å²) in [6.07, 6.45) is 9.02. The number of carbonyl (C=O) groups is 1. The van der Waals surface area contributed by atoms with Crippen LogP contribution in [0.2, 0.25) is 0 Å². The van der Waals surface area contributed by atoms with Crippen LogP contribution in [-0.2, 0) is 4.79 Å². The topological polar surface area (TPSA) is 82.4 Å². The first-order chi connectivity index (χ1) is 14.8. The lowest BCUT2D eigenvalue weighted by Crippen LogP contribution is -2.70.